The fourth-order valence-corrected chi connectivity index (χ4v) is 2.83. The summed E-state index contributed by atoms with van der Waals surface area (Å²) in [6, 6.07) is 2.10. The van der Waals surface area contributed by atoms with Crippen LogP contribution in [-0.4, -0.2) is 34.4 Å². The fraction of sp³-hybridized carbons (Fsp3) is 0.643. The quantitative estimate of drug-likeness (QED) is 0.851. The molecule has 0 aliphatic carbocycles. The third kappa shape index (κ3) is 2.22. The minimum Gasteiger partial charge on any atom is -0.394 e. The number of hydrogen-bond donors (Lipinski definition) is 2. The largest absolute Gasteiger partial charge is 0.394 e. The normalized spacial score (nSPS) is 23.7. The molecule has 2 rings (SSSR count). The van der Waals surface area contributed by atoms with E-state index in [-0.39, 0.29) is 19.3 Å². The molecule has 2 atom stereocenters. The van der Waals surface area contributed by atoms with Gasteiger partial charge in [-0.1, -0.05) is 6.92 Å². The first-order valence-corrected chi connectivity index (χ1v) is 6.54. The molecule has 1 aliphatic heterocycles. The summed E-state index contributed by atoms with van der Waals surface area (Å²) in [6.45, 7) is 7.15. The van der Waals surface area contributed by atoms with Crippen LogP contribution in [0.25, 0.3) is 0 Å². The highest BCUT2D eigenvalue weighted by atomic mass is 16.3. The summed E-state index contributed by atoms with van der Waals surface area (Å²) in [5.74, 6) is 1.31. The van der Waals surface area contributed by atoms with E-state index in [4.69, 9.17) is 0 Å². The van der Waals surface area contributed by atoms with Crippen LogP contribution in [0.5, 0.6) is 0 Å². The molecule has 0 aromatic carbocycles. The molecule has 1 aromatic rings. The van der Waals surface area contributed by atoms with Gasteiger partial charge in [0.25, 0.3) is 0 Å². The van der Waals surface area contributed by atoms with Crippen LogP contribution in [0, 0.1) is 19.8 Å². The van der Waals surface area contributed by atoms with Crippen LogP contribution in [0.3, 0.4) is 0 Å². The maximum absolute atomic E-state index is 9.55. The van der Waals surface area contributed by atoms with Crippen LogP contribution >= 0.6 is 0 Å². The Hall–Kier alpha value is -1.13. The summed E-state index contributed by atoms with van der Waals surface area (Å²) in [5.41, 5.74) is 2.90. The van der Waals surface area contributed by atoms with E-state index < -0.39 is 0 Å². The average molecular weight is 250 g/mol. The molecule has 0 spiro atoms. The lowest BCUT2D eigenvalue weighted by atomic mass is 10.0. The molecule has 4 nitrogen and oxygen atoms in total. The zero-order valence-electron chi connectivity index (χ0n) is 11.3. The fourth-order valence-electron chi connectivity index (χ4n) is 2.83. The molecule has 2 heterocycles. The van der Waals surface area contributed by atoms with Crippen LogP contribution in [0.1, 0.15) is 30.2 Å². The molecule has 1 aliphatic rings. The summed E-state index contributed by atoms with van der Waals surface area (Å²) in [6.07, 6.45) is 1.06. The van der Waals surface area contributed by atoms with Crippen molar-refractivity contribution >= 4 is 5.82 Å². The molecule has 4 heteroatoms. The Morgan fingerprint density at radius 2 is 2.11 bits per heavy atom. The van der Waals surface area contributed by atoms with Crippen molar-refractivity contribution in [3.8, 4) is 0 Å². The Kier molecular flexibility index (Phi) is 3.88. The highest BCUT2D eigenvalue weighted by molar-refractivity contribution is 5.53. The predicted octanol–water partition coefficient (Wildman–Crippen LogP) is 1.40. The predicted molar refractivity (Wildman–Crippen MR) is 71.6 cm³/mol. The lowest BCUT2D eigenvalue weighted by Gasteiger charge is -2.28. The Bertz CT molecular complexity index is 434. The van der Waals surface area contributed by atoms with E-state index in [1.54, 1.807) is 0 Å². The number of aromatic nitrogens is 1. The van der Waals surface area contributed by atoms with Gasteiger partial charge in [-0.3, -0.25) is 0 Å². The zero-order valence-corrected chi connectivity index (χ0v) is 11.3. The minimum absolute atomic E-state index is 0.00250. The van der Waals surface area contributed by atoms with Gasteiger partial charge in [0, 0.05) is 17.8 Å². The molecular weight excluding hydrogens is 228 g/mol. The summed E-state index contributed by atoms with van der Waals surface area (Å²) < 4.78 is 0. The SMILES string of the molecule is Cc1cc(C)c(CO)c(N2CCC(C)C2CO)n1. The first-order valence-electron chi connectivity index (χ1n) is 6.54. The monoisotopic (exact) mass is 250 g/mol. The van der Waals surface area contributed by atoms with Gasteiger partial charge in [-0.25, -0.2) is 4.98 Å². The van der Waals surface area contributed by atoms with E-state index in [0.29, 0.717) is 5.92 Å². The van der Waals surface area contributed by atoms with Gasteiger partial charge in [-0.2, -0.15) is 0 Å². The summed E-state index contributed by atoms with van der Waals surface area (Å²) in [4.78, 5) is 6.72. The van der Waals surface area contributed by atoms with E-state index in [0.717, 1.165) is 35.6 Å². The number of aliphatic hydroxyl groups is 2. The molecule has 100 valence electrons. The number of anilines is 1. The molecule has 0 radical (unpaired) electrons. The van der Waals surface area contributed by atoms with Gasteiger partial charge in [0.15, 0.2) is 0 Å². The first kappa shape index (κ1) is 13.3. The second-order valence-corrected chi connectivity index (χ2v) is 5.25. The Morgan fingerprint density at radius 3 is 2.72 bits per heavy atom. The van der Waals surface area contributed by atoms with E-state index >= 15 is 0 Å². The average Bonchev–Trinajstić information content (AvgIpc) is 2.69. The lowest BCUT2D eigenvalue weighted by molar-refractivity contribution is 0.243. The van der Waals surface area contributed by atoms with E-state index in [2.05, 4.69) is 16.8 Å². The highest BCUT2D eigenvalue weighted by Gasteiger charge is 2.32. The first-order chi connectivity index (χ1) is 8.58. The van der Waals surface area contributed by atoms with Gasteiger partial charge in [-0.05, 0) is 37.8 Å². The van der Waals surface area contributed by atoms with E-state index in [1.807, 2.05) is 19.9 Å². The van der Waals surface area contributed by atoms with Gasteiger partial charge < -0.3 is 15.1 Å². The van der Waals surface area contributed by atoms with Crippen molar-refractivity contribution in [3.63, 3.8) is 0 Å². The van der Waals surface area contributed by atoms with Crippen LogP contribution in [0.2, 0.25) is 0 Å². The van der Waals surface area contributed by atoms with Gasteiger partial charge in [-0.15, -0.1) is 0 Å². The number of pyridine rings is 1. The van der Waals surface area contributed by atoms with Crippen LogP contribution in [0.4, 0.5) is 5.82 Å². The third-order valence-corrected chi connectivity index (χ3v) is 3.95. The Labute approximate surface area is 108 Å². The van der Waals surface area contributed by atoms with Crippen LogP contribution in [-0.2, 0) is 6.61 Å². The van der Waals surface area contributed by atoms with Crippen molar-refractivity contribution in [1.29, 1.82) is 0 Å². The Morgan fingerprint density at radius 1 is 1.39 bits per heavy atom. The summed E-state index contributed by atoms with van der Waals surface area (Å²) >= 11 is 0. The molecule has 0 saturated carbocycles. The number of nitrogens with zero attached hydrogens (tertiary/aromatic N) is 2. The molecule has 2 N–H and O–H groups in total. The summed E-state index contributed by atoms with van der Waals surface area (Å²) in [7, 11) is 0. The van der Waals surface area contributed by atoms with Crippen LogP contribution in [0.15, 0.2) is 6.07 Å². The molecule has 18 heavy (non-hydrogen) atoms. The lowest BCUT2D eigenvalue weighted by Crippen LogP contribution is -2.36. The minimum atomic E-state index is -0.00250. The van der Waals surface area contributed by atoms with Crippen molar-refractivity contribution in [3.05, 3.63) is 22.9 Å². The molecule has 2 unspecified atom stereocenters. The second-order valence-electron chi connectivity index (χ2n) is 5.25. The van der Waals surface area contributed by atoms with Crippen molar-refractivity contribution < 1.29 is 10.2 Å². The number of hydrogen-bond acceptors (Lipinski definition) is 4. The summed E-state index contributed by atoms with van der Waals surface area (Å²) in [5, 5.41) is 19.1. The van der Waals surface area contributed by atoms with Crippen molar-refractivity contribution in [2.75, 3.05) is 18.1 Å². The maximum atomic E-state index is 9.55. The topological polar surface area (TPSA) is 56.6 Å². The number of rotatable bonds is 3. The second kappa shape index (κ2) is 5.24. The smallest absolute Gasteiger partial charge is 0.134 e. The number of aryl methyl sites for hydroxylation is 2. The molecule has 1 aromatic heterocycles. The molecule has 0 amide bonds. The van der Waals surface area contributed by atoms with E-state index in [9.17, 15) is 10.2 Å². The van der Waals surface area contributed by atoms with Crippen molar-refractivity contribution in [2.45, 2.75) is 39.8 Å². The van der Waals surface area contributed by atoms with E-state index in [1.165, 1.54) is 0 Å². The van der Waals surface area contributed by atoms with Crippen LogP contribution < -0.4 is 4.90 Å². The van der Waals surface area contributed by atoms with Crippen molar-refractivity contribution in [1.82, 2.24) is 4.98 Å². The van der Waals surface area contributed by atoms with Gasteiger partial charge >= 0.3 is 0 Å². The molecule has 1 fully saturated rings. The molecule has 1 saturated heterocycles. The third-order valence-electron chi connectivity index (χ3n) is 3.95. The maximum Gasteiger partial charge on any atom is 0.134 e. The van der Waals surface area contributed by atoms with Gasteiger partial charge in [0.05, 0.1) is 19.3 Å². The van der Waals surface area contributed by atoms with Crippen molar-refractivity contribution in [2.24, 2.45) is 5.92 Å². The zero-order chi connectivity index (χ0) is 13.3. The standard InChI is InChI=1S/C14H22N2O2/c1-9-4-5-16(13(9)8-18)14-12(7-17)10(2)6-11(3)15-14/h6,9,13,17-18H,4-5,7-8H2,1-3H3. The molecule has 0 bridgehead atoms. The molecular formula is C14H22N2O2. The van der Waals surface area contributed by atoms with Gasteiger partial charge in [0.2, 0.25) is 0 Å². The number of aliphatic hydroxyl groups excluding tert-OH is 2. The highest BCUT2D eigenvalue weighted by Crippen LogP contribution is 2.32. The Balaban J connectivity index is 2.44. The van der Waals surface area contributed by atoms with Gasteiger partial charge in [0.1, 0.15) is 5.82 Å².